The molecule has 0 saturated carbocycles. The number of anilines is 1. The predicted octanol–water partition coefficient (Wildman–Crippen LogP) is 7.41. The van der Waals surface area contributed by atoms with Crippen LogP contribution in [0.15, 0.2) is 53.1 Å². The topological polar surface area (TPSA) is 40.6 Å². The van der Waals surface area contributed by atoms with Crippen molar-refractivity contribution in [3.63, 3.8) is 0 Å². The highest BCUT2D eigenvalue weighted by molar-refractivity contribution is 5.72. The smallest absolute Gasteiger partial charge is 0.269 e. The molecule has 0 unspecified atom stereocenters. The van der Waals surface area contributed by atoms with Crippen LogP contribution >= 0.6 is 0 Å². The van der Waals surface area contributed by atoms with Crippen molar-refractivity contribution in [3.05, 3.63) is 81.3 Å². The fourth-order valence-electron chi connectivity index (χ4n) is 5.00. The van der Waals surface area contributed by atoms with Gasteiger partial charge in [-0.15, -0.1) is 0 Å². The molecular formula is C30H35N3O. The molecule has 0 atom stereocenters. The Morgan fingerprint density at radius 2 is 1.65 bits per heavy atom. The summed E-state index contributed by atoms with van der Waals surface area (Å²) in [4.78, 5) is 5.99. The van der Waals surface area contributed by atoms with Crippen molar-refractivity contribution < 1.29 is 4.74 Å². The molecule has 4 rings (SSSR count). The molecule has 0 bridgehead atoms. The van der Waals surface area contributed by atoms with Gasteiger partial charge >= 0.3 is 0 Å². The monoisotopic (exact) mass is 453 g/mol. The van der Waals surface area contributed by atoms with Crippen LogP contribution in [0, 0.1) is 23.3 Å². The molecule has 0 fully saturated rings. The predicted molar refractivity (Wildman–Crippen MR) is 139 cm³/mol. The van der Waals surface area contributed by atoms with Crippen molar-refractivity contribution >= 4 is 11.8 Å². The summed E-state index contributed by atoms with van der Waals surface area (Å²) in [5, 5.41) is 9.41. The van der Waals surface area contributed by atoms with Crippen LogP contribution in [0.3, 0.4) is 0 Å². The van der Waals surface area contributed by atoms with Gasteiger partial charge in [0.25, 0.3) is 5.70 Å². The summed E-state index contributed by atoms with van der Waals surface area (Å²) in [6.45, 7) is 25.2. The minimum absolute atomic E-state index is 0.0812. The molecule has 0 aliphatic carbocycles. The van der Waals surface area contributed by atoms with Crippen molar-refractivity contribution in [3.8, 4) is 6.07 Å². The van der Waals surface area contributed by atoms with Crippen LogP contribution in [0.4, 0.5) is 5.69 Å². The van der Waals surface area contributed by atoms with Crippen LogP contribution in [0.1, 0.15) is 78.0 Å². The zero-order valence-electron chi connectivity index (χ0n) is 21.5. The molecule has 0 radical (unpaired) electrons. The number of allylic oxidation sites excluding steroid dienone is 6. The van der Waals surface area contributed by atoms with Crippen LogP contribution in [0.2, 0.25) is 0 Å². The molecule has 34 heavy (non-hydrogen) atoms. The van der Waals surface area contributed by atoms with E-state index in [2.05, 4.69) is 76.4 Å². The number of ether oxygens (including phenoxy) is 1. The fourth-order valence-corrected chi connectivity index (χ4v) is 5.00. The molecule has 4 heteroatoms. The third kappa shape index (κ3) is 4.30. The third-order valence-corrected chi connectivity index (χ3v) is 7.40. The number of rotatable bonds is 2. The third-order valence-electron chi connectivity index (χ3n) is 7.40. The maximum absolute atomic E-state index is 9.41. The first-order valence-corrected chi connectivity index (χ1v) is 12.1. The molecule has 0 N–H and O–H groups in total. The number of hydrogen-bond donors (Lipinski definition) is 0. The molecule has 3 heterocycles. The summed E-state index contributed by atoms with van der Waals surface area (Å²) in [7, 11) is 0. The zero-order valence-corrected chi connectivity index (χ0v) is 21.5. The van der Waals surface area contributed by atoms with Gasteiger partial charge in [-0.3, -0.25) is 0 Å². The maximum atomic E-state index is 9.41. The number of nitriles is 1. The van der Waals surface area contributed by atoms with Gasteiger partial charge in [-0.05, 0) is 76.3 Å². The van der Waals surface area contributed by atoms with E-state index in [-0.39, 0.29) is 21.9 Å². The summed E-state index contributed by atoms with van der Waals surface area (Å²) in [6, 6.07) is 6.69. The van der Waals surface area contributed by atoms with Gasteiger partial charge in [-0.2, -0.15) is 0 Å². The largest absolute Gasteiger partial charge is 0.461 e. The minimum Gasteiger partial charge on any atom is -0.461 e. The average molecular weight is 454 g/mol. The lowest BCUT2D eigenvalue weighted by Crippen LogP contribution is -2.44. The summed E-state index contributed by atoms with van der Waals surface area (Å²) in [5.41, 5.74) is 6.17. The quantitative estimate of drug-likeness (QED) is 0.346. The Bertz CT molecular complexity index is 1180. The molecule has 0 amide bonds. The lowest BCUT2D eigenvalue weighted by Gasteiger charge is -2.48. The molecule has 4 nitrogen and oxygen atoms in total. The SMILES string of the molecule is [C-]#[N+]/C(C#N)=C1C=C(/C=C/c2cc3c4c(c2)C(C)(C)CCN4CCC3(C)C)OC(C(C)(C)C)=C\1. The van der Waals surface area contributed by atoms with Gasteiger partial charge in [-0.25, -0.2) is 10.1 Å². The zero-order chi connectivity index (χ0) is 24.9. The Labute approximate surface area is 204 Å². The van der Waals surface area contributed by atoms with E-state index in [1.807, 2.05) is 18.2 Å². The highest BCUT2D eigenvalue weighted by Crippen LogP contribution is 2.49. The second kappa shape index (κ2) is 8.21. The lowest BCUT2D eigenvalue weighted by molar-refractivity contribution is 0.223. The molecule has 176 valence electrons. The van der Waals surface area contributed by atoms with Crippen molar-refractivity contribution in [1.29, 1.82) is 5.26 Å². The molecule has 1 aromatic carbocycles. The summed E-state index contributed by atoms with van der Waals surface area (Å²) in [5.74, 6) is 1.39. The maximum Gasteiger partial charge on any atom is 0.269 e. The van der Waals surface area contributed by atoms with Crippen LogP contribution in [0.25, 0.3) is 10.9 Å². The van der Waals surface area contributed by atoms with Crippen molar-refractivity contribution in [2.45, 2.75) is 72.1 Å². The van der Waals surface area contributed by atoms with Gasteiger partial charge in [0, 0.05) is 24.2 Å². The van der Waals surface area contributed by atoms with E-state index >= 15 is 0 Å². The first-order chi connectivity index (χ1) is 15.9. The highest BCUT2D eigenvalue weighted by Gasteiger charge is 2.39. The summed E-state index contributed by atoms with van der Waals surface area (Å²) >= 11 is 0. The van der Waals surface area contributed by atoms with Crippen LogP contribution < -0.4 is 4.90 Å². The molecule has 0 saturated heterocycles. The Morgan fingerprint density at radius 3 is 2.15 bits per heavy atom. The second-order valence-corrected chi connectivity index (χ2v) is 12.0. The van der Waals surface area contributed by atoms with Crippen LogP contribution in [0.5, 0.6) is 0 Å². The van der Waals surface area contributed by atoms with Gasteiger partial charge in [0.05, 0.1) is 12.6 Å². The van der Waals surface area contributed by atoms with Gasteiger partial charge < -0.3 is 9.64 Å². The standard InChI is InChI=1S/C30H35N3O/c1-28(2,3)26-18-21(25(19-31)32-8)17-22(34-26)10-9-20-15-23-27-24(16-20)30(6,7)12-14-33(27)13-11-29(23,4)5/h9-10,15-18H,11-14H2,1-7H3/b10-9+,25-21+. The van der Waals surface area contributed by atoms with E-state index in [0.717, 1.165) is 37.3 Å². The second-order valence-electron chi connectivity index (χ2n) is 12.0. The van der Waals surface area contributed by atoms with Gasteiger partial charge in [0.1, 0.15) is 11.5 Å². The van der Waals surface area contributed by atoms with Crippen molar-refractivity contribution in [1.82, 2.24) is 0 Å². The fraction of sp³-hybridized carbons (Fsp3) is 0.467. The van der Waals surface area contributed by atoms with Crippen LogP contribution in [-0.4, -0.2) is 13.1 Å². The van der Waals surface area contributed by atoms with Gasteiger partial charge in [-0.1, -0.05) is 54.5 Å². The van der Waals surface area contributed by atoms with Crippen molar-refractivity contribution in [2.24, 2.45) is 5.41 Å². The Balaban J connectivity index is 1.79. The lowest BCUT2D eigenvalue weighted by atomic mass is 9.69. The van der Waals surface area contributed by atoms with Crippen LogP contribution in [-0.2, 0) is 15.6 Å². The molecule has 0 spiro atoms. The molecule has 1 aromatic rings. The average Bonchev–Trinajstić information content (AvgIpc) is 2.76. The Hall–Kier alpha value is -3.24. The summed E-state index contributed by atoms with van der Waals surface area (Å²) < 4.78 is 6.20. The Kier molecular flexibility index (Phi) is 5.77. The minimum atomic E-state index is -0.241. The first kappa shape index (κ1) is 23.9. The van der Waals surface area contributed by atoms with E-state index in [1.165, 1.54) is 16.8 Å². The van der Waals surface area contributed by atoms with Gasteiger partial charge in [0.15, 0.2) is 0 Å². The van der Waals surface area contributed by atoms with E-state index in [9.17, 15) is 5.26 Å². The molecular weight excluding hydrogens is 418 g/mol. The molecule has 3 aliphatic rings. The molecule has 0 aromatic heterocycles. The van der Waals surface area contributed by atoms with Crippen molar-refractivity contribution in [2.75, 3.05) is 18.0 Å². The first-order valence-electron chi connectivity index (χ1n) is 12.1. The Morgan fingerprint density at radius 1 is 1.06 bits per heavy atom. The normalized spacial score (nSPS) is 22.1. The van der Waals surface area contributed by atoms with E-state index < -0.39 is 0 Å². The van der Waals surface area contributed by atoms with E-state index in [0.29, 0.717) is 11.3 Å². The number of nitrogens with zero attached hydrogens (tertiary/aromatic N) is 3. The number of benzene rings is 1. The van der Waals surface area contributed by atoms with Gasteiger partial charge in [0.2, 0.25) is 0 Å². The van der Waals surface area contributed by atoms with E-state index in [4.69, 9.17) is 11.3 Å². The van der Waals surface area contributed by atoms with E-state index in [1.54, 1.807) is 6.08 Å². The number of hydrogen-bond acceptors (Lipinski definition) is 3. The molecule has 3 aliphatic heterocycles. The highest BCUT2D eigenvalue weighted by atomic mass is 16.5. The summed E-state index contributed by atoms with van der Waals surface area (Å²) in [6.07, 6.45) is 9.99.